The fourth-order valence-corrected chi connectivity index (χ4v) is 2.81. The Kier molecular flexibility index (Phi) is 3.99. The van der Waals surface area contributed by atoms with Crippen LogP contribution in [0.4, 0.5) is 5.69 Å². The van der Waals surface area contributed by atoms with Crippen molar-refractivity contribution >= 4 is 5.69 Å². The second-order valence-electron chi connectivity index (χ2n) is 5.71. The minimum Gasteiger partial charge on any atom is -0.265 e. The molecule has 4 rings (SSSR count). The predicted octanol–water partition coefficient (Wildman–Crippen LogP) is 4.51. The third-order valence-electron chi connectivity index (χ3n) is 4.06. The molecule has 0 saturated heterocycles. The lowest BCUT2D eigenvalue weighted by Gasteiger charge is -2.02. The van der Waals surface area contributed by atoms with E-state index >= 15 is 0 Å². The average molecular weight is 342 g/mol. The Balaban J connectivity index is 1.91. The maximum Gasteiger partial charge on any atom is 0.270 e. The first-order valence-electron chi connectivity index (χ1n) is 8.03. The molecule has 2 aromatic heterocycles. The monoisotopic (exact) mass is 342 g/mol. The van der Waals surface area contributed by atoms with Crippen molar-refractivity contribution < 1.29 is 4.92 Å². The highest BCUT2D eigenvalue weighted by Gasteiger charge is 2.16. The maximum atomic E-state index is 11.1. The van der Waals surface area contributed by atoms with Gasteiger partial charge in [-0.25, -0.2) is 4.68 Å². The quantitative estimate of drug-likeness (QED) is 0.404. The summed E-state index contributed by atoms with van der Waals surface area (Å²) >= 11 is 0. The van der Waals surface area contributed by atoms with E-state index in [1.807, 2.05) is 54.7 Å². The first-order valence-corrected chi connectivity index (χ1v) is 8.03. The number of nitro groups is 1. The number of nitrogens with zero attached hydrogens (tertiary/aromatic N) is 4. The van der Waals surface area contributed by atoms with E-state index in [2.05, 4.69) is 4.98 Å². The van der Waals surface area contributed by atoms with Gasteiger partial charge >= 0.3 is 0 Å². The Morgan fingerprint density at radius 2 is 1.65 bits per heavy atom. The van der Waals surface area contributed by atoms with Crippen molar-refractivity contribution in [1.29, 1.82) is 0 Å². The third kappa shape index (κ3) is 2.95. The van der Waals surface area contributed by atoms with Crippen LogP contribution in [0.25, 0.3) is 28.1 Å². The van der Waals surface area contributed by atoms with Crippen LogP contribution in [0.5, 0.6) is 0 Å². The summed E-state index contributed by atoms with van der Waals surface area (Å²) in [7, 11) is 0. The Labute approximate surface area is 149 Å². The fourth-order valence-electron chi connectivity index (χ4n) is 2.81. The molecule has 0 aliphatic rings. The van der Waals surface area contributed by atoms with Crippen LogP contribution in [-0.4, -0.2) is 19.7 Å². The van der Waals surface area contributed by atoms with Crippen LogP contribution in [0.15, 0.2) is 85.3 Å². The molecule has 0 saturated carbocycles. The number of nitro benzene ring substituents is 1. The summed E-state index contributed by atoms with van der Waals surface area (Å²) in [6.45, 7) is 0. The number of non-ortho nitro benzene ring substituents is 1. The molecule has 0 amide bonds. The van der Waals surface area contributed by atoms with E-state index in [0.717, 1.165) is 16.8 Å². The highest BCUT2D eigenvalue weighted by Crippen LogP contribution is 2.33. The van der Waals surface area contributed by atoms with E-state index in [4.69, 9.17) is 5.10 Å². The molecule has 0 radical (unpaired) electrons. The topological polar surface area (TPSA) is 73.8 Å². The number of rotatable bonds is 4. The third-order valence-corrected chi connectivity index (χ3v) is 4.06. The lowest BCUT2D eigenvalue weighted by Crippen LogP contribution is -1.94. The van der Waals surface area contributed by atoms with Gasteiger partial charge in [-0.15, -0.1) is 0 Å². The van der Waals surface area contributed by atoms with Gasteiger partial charge in [-0.2, -0.15) is 5.10 Å². The van der Waals surface area contributed by atoms with E-state index in [9.17, 15) is 10.1 Å². The van der Waals surface area contributed by atoms with Gasteiger partial charge < -0.3 is 0 Å². The second kappa shape index (κ2) is 6.60. The van der Waals surface area contributed by atoms with Crippen LogP contribution in [0.2, 0.25) is 0 Å². The van der Waals surface area contributed by atoms with Crippen LogP contribution in [0.1, 0.15) is 0 Å². The van der Waals surface area contributed by atoms with Gasteiger partial charge in [-0.3, -0.25) is 15.1 Å². The number of benzene rings is 2. The van der Waals surface area contributed by atoms with Crippen molar-refractivity contribution in [3.63, 3.8) is 0 Å². The molecule has 6 heteroatoms. The van der Waals surface area contributed by atoms with Crippen molar-refractivity contribution in [3.8, 4) is 28.1 Å². The molecule has 0 atom stereocenters. The number of pyridine rings is 1. The zero-order chi connectivity index (χ0) is 17.9. The van der Waals surface area contributed by atoms with E-state index in [0.29, 0.717) is 11.3 Å². The number of hydrogen-bond donors (Lipinski definition) is 0. The van der Waals surface area contributed by atoms with E-state index in [1.54, 1.807) is 29.2 Å². The van der Waals surface area contributed by atoms with Gasteiger partial charge in [0.2, 0.25) is 0 Å². The van der Waals surface area contributed by atoms with Crippen molar-refractivity contribution in [2.75, 3.05) is 0 Å². The molecular formula is C20H14N4O2. The van der Waals surface area contributed by atoms with Crippen LogP contribution < -0.4 is 0 Å². The summed E-state index contributed by atoms with van der Waals surface area (Å²) in [5.74, 6) is 0. The second-order valence-corrected chi connectivity index (χ2v) is 5.71. The normalized spacial score (nSPS) is 10.6. The highest BCUT2D eigenvalue weighted by atomic mass is 16.6. The van der Waals surface area contributed by atoms with Gasteiger partial charge in [0, 0.05) is 41.9 Å². The molecule has 0 aliphatic carbocycles. The summed E-state index contributed by atoms with van der Waals surface area (Å²) in [5.41, 5.74) is 4.17. The van der Waals surface area contributed by atoms with Crippen molar-refractivity contribution in [3.05, 3.63) is 95.4 Å². The summed E-state index contributed by atoms with van der Waals surface area (Å²) in [6, 6.07) is 20.1. The van der Waals surface area contributed by atoms with Gasteiger partial charge in [-0.1, -0.05) is 30.3 Å². The molecule has 0 aliphatic heterocycles. The first kappa shape index (κ1) is 15.7. The summed E-state index contributed by atoms with van der Waals surface area (Å²) in [6.07, 6.45) is 5.36. The van der Waals surface area contributed by atoms with Crippen LogP contribution in [-0.2, 0) is 0 Å². The Hall–Kier alpha value is -3.80. The maximum absolute atomic E-state index is 11.1. The smallest absolute Gasteiger partial charge is 0.265 e. The molecule has 6 nitrogen and oxygen atoms in total. The Bertz CT molecular complexity index is 1060. The zero-order valence-corrected chi connectivity index (χ0v) is 13.7. The lowest BCUT2D eigenvalue weighted by atomic mass is 10.0. The molecule has 2 aromatic carbocycles. The number of aromatic nitrogens is 3. The highest BCUT2D eigenvalue weighted by molar-refractivity contribution is 5.81. The largest absolute Gasteiger partial charge is 0.270 e. The van der Waals surface area contributed by atoms with Gasteiger partial charge in [0.05, 0.1) is 10.6 Å². The van der Waals surface area contributed by atoms with Gasteiger partial charge in [-0.05, 0) is 29.8 Å². The van der Waals surface area contributed by atoms with Gasteiger partial charge in [0.1, 0.15) is 5.69 Å². The van der Waals surface area contributed by atoms with Crippen molar-refractivity contribution in [1.82, 2.24) is 14.8 Å². The van der Waals surface area contributed by atoms with Crippen LogP contribution >= 0.6 is 0 Å². The summed E-state index contributed by atoms with van der Waals surface area (Å²) in [4.78, 5) is 14.8. The molecule has 0 bridgehead atoms. The summed E-state index contributed by atoms with van der Waals surface area (Å²) < 4.78 is 1.78. The van der Waals surface area contributed by atoms with Gasteiger partial charge in [0.25, 0.3) is 5.69 Å². The average Bonchev–Trinajstić information content (AvgIpc) is 3.15. The van der Waals surface area contributed by atoms with E-state index in [1.165, 1.54) is 6.07 Å². The molecule has 26 heavy (non-hydrogen) atoms. The molecule has 0 fully saturated rings. The molecular weight excluding hydrogens is 328 g/mol. The van der Waals surface area contributed by atoms with Gasteiger partial charge in [0.15, 0.2) is 0 Å². The summed E-state index contributed by atoms with van der Waals surface area (Å²) in [5, 5.41) is 15.8. The predicted molar refractivity (Wildman–Crippen MR) is 98.9 cm³/mol. The van der Waals surface area contributed by atoms with E-state index in [-0.39, 0.29) is 5.69 Å². The molecule has 2 heterocycles. The number of hydrogen-bond acceptors (Lipinski definition) is 4. The minimum absolute atomic E-state index is 0.0393. The van der Waals surface area contributed by atoms with Crippen molar-refractivity contribution in [2.24, 2.45) is 0 Å². The lowest BCUT2D eigenvalue weighted by molar-refractivity contribution is -0.384. The Morgan fingerprint density at radius 1 is 0.885 bits per heavy atom. The molecule has 0 unspecified atom stereocenters. The SMILES string of the molecule is O=[N+]([O-])c1cccc(-c2nn(-c3ccccc3)cc2-c2ccncc2)c1. The van der Waals surface area contributed by atoms with E-state index < -0.39 is 4.92 Å². The standard InChI is InChI=1S/C20H14N4O2/c25-24(26)18-8-4-5-16(13-18)20-19(15-9-11-21-12-10-15)14-23(22-20)17-6-2-1-3-7-17/h1-14H. The molecule has 4 aromatic rings. The first-order chi connectivity index (χ1) is 12.7. The molecule has 0 spiro atoms. The van der Waals surface area contributed by atoms with Crippen molar-refractivity contribution in [2.45, 2.75) is 0 Å². The minimum atomic E-state index is -0.399. The zero-order valence-electron chi connectivity index (χ0n) is 13.7. The molecule has 0 N–H and O–H groups in total. The molecule has 126 valence electrons. The number of para-hydroxylation sites is 1. The Morgan fingerprint density at radius 3 is 2.38 bits per heavy atom. The van der Waals surface area contributed by atoms with Crippen LogP contribution in [0, 0.1) is 10.1 Å². The fraction of sp³-hybridized carbons (Fsp3) is 0. The van der Waals surface area contributed by atoms with Crippen LogP contribution in [0.3, 0.4) is 0 Å².